The van der Waals surface area contributed by atoms with Gasteiger partial charge in [-0.25, -0.2) is 13.4 Å². The number of nitrogens with zero attached hydrogens (tertiary/aromatic N) is 2. The van der Waals surface area contributed by atoms with Crippen molar-refractivity contribution >= 4 is 15.7 Å². The Labute approximate surface area is 147 Å². The van der Waals surface area contributed by atoms with Crippen LogP contribution in [0.3, 0.4) is 0 Å². The quantitative estimate of drug-likeness (QED) is 0.764. The van der Waals surface area contributed by atoms with Crippen LogP contribution in [0.25, 0.3) is 0 Å². The lowest BCUT2D eigenvalue weighted by Crippen LogP contribution is -2.15. The molecule has 0 fully saturated rings. The molecule has 0 atom stereocenters. The van der Waals surface area contributed by atoms with Crippen molar-refractivity contribution in [1.82, 2.24) is 9.97 Å². The average molecular weight is 367 g/mol. The number of ether oxygens (including phenoxy) is 3. The molecule has 0 saturated carbocycles. The molecule has 8 nitrogen and oxygen atoms in total. The normalized spacial score (nSPS) is 11.0. The predicted octanol–water partition coefficient (Wildman–Crippen LogP) is 2.39. The van der Waals surface area contributed by atoms with Crippen LogP contribution in [0.1, 0.15) is 19.4 Å². The largest absolute Gasteiger partial charge is 0.496 e. The van der Waals surface area contributed by atoms with E-state index in [4.69, 9.17) is 14.2 Å². The standard InChI is InChI=1S/C16H21N3O5S/c1-5-23-15-13(10-17-16(18-15)24-6-2)19-25(20,21)12-7-8-14(22-4)11(3)9-12/h7-10,19H,5-6H2,1-4H3. The van der Waals surface area contributed by atoms with E-state index in [1.165, 1.54) is 25.4 Å². The number of aromatic nitrogens is 2. The number of nitrogens with one attached hydrogen (secondary N) is 1. The number of benzene rings is 1. The summed E-state index contributed by atoms with van der Waals surface area (Å²) in [5.41, 5.74) is 0.845. The second kappa shape index (κ2) is 8.02. The first-order valence-corrected chi connectivity index (χ1v) is 9.19. The van der Waals surface area contributed by atoms with Gasteiger partial charge in [0, 0.05) is 0 Å². The van der Waals surface area contributed by atoms with Crippen molar-refractivity contribution in [2.24, 2.45) is 0 Å². The summed E-state index contributed by atoms with van der Waals surface area (Å²) in [7, 11) is -2.30. The molecule has 0 spiro atoms. The molecule has 0 amide bonds. The molecule has 0 aliphatic rings. The van der Waals surface area contributed by atoms with Gasteiger partial charge in [0.1, 0.15) is 11.4 Å². The van der Waals surface area contributed by atoms with Crippen LogP contribution in [-0.2, 0) is 10.0 Å². The number of sulfonamides is 1. The van der Waals surface area contributed by atoms with Gasteiger partial charge in [0.15, 0.2) is 0 Å². The van der Waals surface area contributed by atoms with Crippen LogP contribution < -0.4 is 18.9 Å². The highest BCUT2D eigenvalue weighted by Crippen LogP contribution is 2.27. The first-order chi connectivity index (χ1) is 11.9. The van der Waals surface area contributed by atoms with Gasteiger partial charge < -0.3 is 14.2 Å². The third-order valence-electron chi connectivity index (χ3n) is 3.21. The fraction of sp³-hybridized carbons (Fsp3) is 0.375. The molecule has 1 aromatic carbocycles. The van der Waals surface area contributed by atoms with Gasteiger partial charge in [-0.2, -0.15) is 4.98 Å². The molecule has 0 unspecified atom stereocenters. The van der Waals surface area contributed by atoms with E-state index >= 15 is 0 Å². The molecule has 2 rings (SSSR count). The zero-order chi connectivity index (χ0) is 18.4. The number of hydrogen-bond acceptors (Lipinski definition) is 7. The van der Waals surface area contributed by atoms with Gasteiger partial charge >= 0.3 is 6.01 Å². The number of aryl methyl sites for hydroxylation is 1. The van der Waals surface area contributed by atoms with E-state index in [0.717, 1.165) is 0 Å². The highest BCUT2D eigenvalue weighted by molar-refractivity contribution is 7.92. The molecule has 1 N–H and O–H groups in total. The Morgan fingerprint density at radius 2 is 1.88 bits per heavy atom. The number of anilines is 1. The lowest BCUT2D eigenvalue weighted by molar-refractivity contribution is 0.290. The predicted molar refractivity (Wildman–Crippen MR) is 92.9 cm³/mol. The van der Waals surface area contributed by atoms with Crippen LogP contribution in [-0.4, -0.2) is 38.7 Å². The lowest BCUT2D eigenvalue weighted by atomic mass is 10.2. The van der Waals surface area contributed by atoms with Gasteiger partial charge in [0.2, 0.25) is 5.88 Å². The maximum atomic E-state index is 12.6. The van der Waals surface area contributed by atoms with Gasteiger partial charge in [0.25, 0.3) is 10.0 Å². The van der Waals surface area contributed by atoms with Crippen LogP contribution in [0.4, 0.5) is 5.69 Å². The molecule has 9 heteroatoms. The molecule has 1 aromatic heterocycles. The molecule has 0 aliphatic heterocycles. The van der Waals surface area contributed by atoms with Gasteiger partial charge in [-0.15, -0.1) is 0 Å². The van der Waals surface area contributed by atoms with E-state index in [9.17, 15) is 8.42 Å². The second-order valence-corrected chi connectivity index (χ2v) is 6.66. The molecule has 0 bridgehead atoms. The number of rotatable bonds is 8. The molecule has 2 aromatic rings. The fourth-order valence-corrected chi connectivity index (χ4v) is 3.21. The third kappa shape index (κ3) is 4.50. The topological polar surface area (TPSA) is 99.6 Å². The third-order valence-corrected chi connectivity index (χ3v) is 4.57. The number of methoxy groups -OCH3 is 1. The van der Waals surface area contributed by atoms with E-state index in [1.54, 1.807) is 26.8 Å². The minimum Gasteiger partial charge on any atom is -0.496 e. The minimum atomic E-state index is -3.83. The van der Waals surface area contributed by atoms with Gasteiger partial charge in [-0.1, -0.05) is 0 Å². The van der Waals surface area contributed by atoms with Crippen molar-refractivity contribution in [1.29, 1.82) is 0 Å². The minimum absolute atomic E-state index is 0.0992. The molecule has 136 valence electrons. The zero-order valence-electron chi connectivity index (χ0n) is 14.6. The Morgan fingerprint density at radius 1 is 1.16 bits per heavy atom. The van der Waals surface area contributed by atoms with E-state index < -0.39 is 10.0 Å². The molecule has 0 radical (unpaired) electrons. The summed E-state index contributed by atoms with van der Waals surface area (Å²) in [6.07, 6.45) is 1.32. The van der Waals surface area contributed by atoms with Crippen LogP contribution in [0.15, 0.2) is 29.3 Å². The Hall–Kier alpha value is -2.55. The fourth-order valence-electron chi connectivity index (χ4n) is 2.09. The van der Waals surface area contributed by atoms with Crippen molar-refractivity contribution < 1.29 is 22.6 Å². The molecule has 0 aliphatic carbocycles. The number of hydrogen-bond donors (Lipinski definition) is 1. The highest BCUT2D eigenvalue weighted by Gasteiger charge is 2.19. The van der Waals surface area contributed by atoms with Crippen molar-refractivity contribution in [2.75, 3.05) is 25.0 Å². The van der Waals surface area contributed by atoms with Gasteiger partial charge in [-0.3, -0.25) is 4.72 Å². The summed E-state index contributed by atoms with van der Waals surface area (Å²) in [5, 5.41) is 0. The Kier molecular flexibility index (Phi) is 6.02. The van der Waals surface area contributed by atoms with E-state index in [-0.39, 0.29) is 22.5 Å². The van der Waals surface area contributed by atoms with Crippen LogP contribution in [0.2, 0.25) is 0 Å². The summed E-state index contributed by atoms with van der Waals surface area (Å²) < 4.78 is 43.4. The molecular formula is C16H21N3O5S. The first kappa shape index (κ1) is 18.8. The van der Waals surface area contributed by atoms with Gasteiger partial charge in [0.05, 0.1) is 31.4 Å². The molecule has 0 saturated heterocycles. The summed E-state index contributed by atoms with van der Waals surface area (Å²) in [4.78, 5) is 8.15. The van der Waals surface area contributed by atoms with Crippen molar-refractivity contribution in [2.45, 2.75) is 25.7 Å². The maximum absolute atomic E-state index is 12.6. The van der Waals surface area contributed by atoms with Crippen molar-refractivity contribution in [3.8, 4) is 17.6 Å². The Bertz CT molecular complexity index is 840. The van der Waals surface area contributed by atoms with E-state index in [0.29, 0.717) is 24.5 Å². The summed E-state index contributed by atoms with van der Waals surface area (Å²) in [6.45, 7) is 6.05. The molecular weight excluding hydrogens is 346 g/mol. The van der Waals surface area contributed by atoms with E-state index in [1.807, 2.05) is 0 Å². The summed E-state index contributed by atoms with van der Waals surface area (Å²) in [5.74, 6) is 0.716. The SMILES string of the molecule is CCOc1ncc(NS(=O)(=O)c2ccc(OC)c(C)c2)c(OCC)n1. The van der Waals surface area contributed by atoms with Crippen LogP contribution in [0.5, 0.6) is 17.6 Å². The van der Waals surface area contributed by atoms with Crippen molar-refractivity contribution in [3.63, 3.8) is 0 Å². The van der Waals surface area contributed by atoms with Crippen molar-refractivity contribution in [3.05, 3.63) is 30.0 Å². The first-order valence-electron chi connectivity index (χ1n) is 7.71. The molecule has 25 heavy (non-hydrogen) atoms. The molecule has 1 heterocycles. The monoisotopic (exact) mass is 367 g/mol. The Morgan fingerprint density at radius 3 is 2.48 bits per heavy atom. The smallest absolute Gasteiger partial charge is 0.319 e. The zero-order valence-corrected chi connectivity index (χ0v) is 15.4. The maximum Gasteiger partial charge on any atom is 0.319 e. The van der Waals surface area contributed by atoms with E-state index in [2.05, 4.69) is 14.7 Å². The van der Waals surface area contributed by atoms with Crippen LogP contribution in [0, 0.1) is 6.92 Å². The second-order valence-electron chi connectivity index (χ2n) is 4.97. The average Bonchev–Trinajstić information content (AvgIpc) is 2.57. The Balaban J connectivity index is 2.35. The van der Waals surface area contributed by atoms with Crippen LogP contribution >= 0.6 is 0 Å². The summed E-state index contributed by atoms with van der Waals surface area (Å²) in [6, 6.07) is 4.71. The lowest BCUT2D eigenvalue weighted by Gasteiger charge is -2.13. The van der Waals surface area contributed by atoms with Gasteiger partial charge in [-0.05, 0) is 44.5 Å². The highest BCUT2D eigenvalue weighted by atomic mass is 32.2. The summed E-state index contributed by atoms with van der Waals surface area (Å²) >= 11 is 0.